The molecule has 1 aromatic rings. The van der Waals surface area contributed by atoms with Crippen LogP contribution in [0, 0.1) is 0 Å². The molecule has 0 aromatic heterocycles. The summed E-state index contributed by atoms with van der Waals surface area (Å²) in [5.74, 6) is 1.01. The van der Waals surface area contributed by atoms with Crippen LogP contribution in [0.15, 0.2) is 24.3 Å². The maximum Gasteiger partial charge on any atom is 0.124 e. The van der Waals surface area contributed by atoms with Crippen LogP contribution in [0.5, 0.6) is 5.75 Å². The van der Waals surface area contributed by atoms with E-state index in [4.69, 9.17) is 9.84 Å². The molecule has 0 fully saturated rings. The predicted octanol–water partition coefficient (Wildman–Crippen LogP) is 1.87. The van der Waals surface area contributed by atoms with Crippen molar-refractivity contribution in [2.24, 2.45) is 0 Å². The Hall–Kier alpha value is -1.06. The van der Waals surface area contributed by atoms with Gasteiger partial charge in [-0.1, -0.05) is 18.2 Å². The third-order valence-corrected chi connectivity index (χ3v) is 2.93. The van der Waals surface area contributed by atoms with Gasteiger partial charge in [-0.2, -0.15) is 0 Å². The first-order valence-corrected chi connectivity index (χ1v) is 5.98. The largest absolute Gasteiger partial charge is 0.493 e. The molecule has 1 aliphatic heterocycles. The Morgan fingerprint density at radius 2 is 2.19 bits per heavy atom. The zero-order chi connectivity index (χ0) is 11.2. The maximum absolute atomic E-state index is 8.71. The molecule has 0 aliphatic carbocycles. The average molecular weight is 221 g/mol. The van der Waals surface area contributed by atoms with Crippen molar-refractivity contribution in [1.29, 1.82) is 0 Å². The van der Waals surface area contributed by atoms with E-state index >= 15 is 0 Å². The number of aliphatic hydroxyl groups is 1. The minimum Gasteiger partial charge on any atom is -0.493 e. The Labute approximate surface area is 96.4 Å². The van der Waals surface area contributed by atoms with Gasteiger partial charge in [0, 0.05) is 24.6 Å². The molecule has 2 rings (SSSR count). The summed E-state index contributed by atoms with van der Waals surface area (Å²) < 4.78 is 5.60. The molecule has 1 aliphatic rings. The number of hydrogen-bond acceptors (Lipinski definition) is 3. The van der Waals surface area contributed by atoms with Gasteiger partial charge in [0.05, 0.1) is 6.61 Å². The third kappa shape index (κ3) is 2.74. The highest BCUT2D eigenvalue weighted by Crippen LogP contribution is 2.31. The van der Waals surface area contributed by atoms with Crippen molar-refractivity contribution < 1.29 is 9.84 Å². The molecule has 2 N–H and O–H groups in total. The lowest BCUT2D eigenvalue weighted by atomic mass is 10.0. The van der Waals surface area contributed by atoms with E-state index in [-0.39, 0.29) is 6.61 Å². The zero-order valence-electron chi connectivity index (χ0n) is 9.48. The van der Waals surface area contributed by atoms with Gasteiger partial charge >= 0.3 is 0 Å². The first-order valence-electron chi connectivity index (χ1n) is 5.98. The lowest BCUT2D eigenvalue weighted by Crippen LogP contribution is -2.27. The fourth-order valence-corrected chi connectivity index (χ4v) is 2.07. The summed E-state index contributed by atoms with van der Waals surface area (Å²) in [4.78, 5) is 0. The molecule has 0 saturated heterocycles. The van der Waals surface area contributed by atoms with Crippen molar-refractivity contribution >= 4 is 0 Å². The summed E-state index contributed by atoms with van der Waals surface area (Å²) in [6, 6.07) is 8.61. The summed E-state index contributed by atoms with van der Waals surface area (Å²) in [6.07, 6.45) is 2.92. The number of nitrogens with one attached hydrogen (secondary N) is 1. The minimum atomic E-state index is 0.284. The molecular weight excluding hydrogens is 202 g/mol. The van der Waals surface area contributed by atoms with Gasteiger partial charge in [-0.3, -0.25) is 0 Å². The van der Waals surface area contributed by atoms with Gasteiger partial charge in [0.2, 0.25) is 0 Å². The van der Waals surface area contributed by atoms with Gasteiger partial charge in [-0.25, -0.2) is 0 Å². The van der Waals surface area contributed by atoms with Crippen molar-refractivity contribution in [2.45, 2.75) is 25.3 Å². The number of rotatable bonds is 5. The van der Waals surface area contributed by atoms with E-state index in [1.165, 1.54) is 5.56 Å². The molecule has 3 nitrogen and oxygen atoms in total. The third-order valence-electron chi connectivity index (χ3n) is 2.93. The van der Waals surface area contributed by atoms with Crippen LogP contribution >= 0.6 is 0 Å². The van der Waals surface area contributed by atoms with Crippen LogP contribution in [0.25, 0.3) is 0 Å². The monoisotopic (exact) mass is 221 g/mol. The molecule has 88 valence electrons. The lowest BCUT2D eigenvalue weighted by molar-refractivity contribution is 0.249. The average Bonchev–Trinajstić information content (AvgIpc) is 2.35. The van der Waals surface area contributed by atoms with Gasteiger partial charge < -0.3 is 15.2 Å². The summed E-state index contributed by atoms with van der Waals surface area (Å²) in [6.45, 7) is 2.03. The fraction of sp³-hybridized carbons (Fsp3) is 0.538. The molecule has 0 bridgehead atoms. The number of aliphatic hydroxyl groups excluding tert-OH is 1. The Bertz CT molecular complexity index is 327. The van der Waals surface area contributed by atoms with Crippen molar-refractivity contribution in [3.05, 3.63) is 29.8 Å². The quantitative estimate of drug-likeness (QED) is 0.746. The highest BCUT2D eigenvalue weighted by atomic mass is 16.5. The van der Waals surface area contributed by atoms with Crippen LogP contribution in [0.2, 0.25) is 0 Å². The second kappa shape index (κ2) is 5.87. The van der Waals surface area contributed by atoms with E-state index in [0.717, 1.165) is 38.2 Å². The molecule has 1 heterocycles. The summed E-state index contributed by atoms with van der Waals surface area (Å²) >= 11 is 0. The normalized spacial score (nSPS) is 18.9. The Morgan fingerprint density at radius 3 is 3.06 bits per heavy atom. The van der Waals surface area contributed by atoms with E-state index in [0.29, 0.717) is 6.04 Å². The smallest absolute Gasteiger partial charge is 0.124 e. The van der Waals surface area contributed by atoms with Crippen molar-refractivity contribution in [2.75, 3.05) is 19.8 Å². The van der Waals surface area contributed by atoms with Gasteiger partial charge in [-0.05, 0) is 25.5 Å². The van der Waals surface area contributed by atoms with E-state index < -0.39 is 0 Å². The van der Waals surface area contributed by atoms with E-state index in [2.05, 4.69) is 17.4 Å². The lowest BCUT2D eigenvalue weighted by Gasteiger charge is -2.26. The molecule has 0 saturated carbocycles. The molecule has 16 heavy (non-hydrogen) atoms. The van der Waals surface area contributed by atoms with Gasteiger partial charge in [0.15, 0.2) is 0 Å². The minimum absolute atomic E-state index is 0.284. The van der Waals surface area contributed by atoms with Crippen LogP contribution in [0.4, 0.5) is 0 Å². The molecule has 0 amide bonds. The van der Waals surface area contributed by atoms with Crippen molar-refractivity contribution in [3.63, 3.8) is 0 Å². The van der Waals surface area contributed by atoms with Crippen LogP contribution in [-0.4, -0.2) is 24.9 Å². The van der Waals surface area contributed by atoms with Crippen molar-refractivity contribution in [3.8, 4) is 5.75 Å². The number of unbranched alkanes of at least 4 members (excludes halogenated alkanes) is 1. The van der Waals surface area contributed by atoms with Gasteiger partial charge in [0.1, 0.15) is 5.75 Å². The second-order valence-corrected chi connectivity index (χ2v) is 4.11. The molecule has 1 unspecified atom stereocenters. The highest BCUT2D eigenvalue weighted by molar-refractivity contribution is 5.37. The number of para-hydroxylation sites is 1. The van der Waals surface area contributed by atoms with Gasteiger partial charge in [-0.15, -0.1) is 0 Å². The number of benzene rings is 1. The molecule has 0 radical (unpaired) electrons. The van der Waals surface area contributed by atoms with Crippen LogP contribution < -0.4 is 10.1 Å². The fourth-order valence-electron chi connectivity index (χ4n) is 2.07. The Kier molecular flexibility index (Phi) is 4.19. The number of hydrogen-bond donors (Lipinski definition) is 2. The maximum atomic E-state index is 8.71. The zero-order valence-corrected chi connectivity index (χ0v) is 9.48. The Balaban J connectivity index is 1.91. The van der Waals surface area contributed by atoms with E-state index in [1.807, 2.05) is 12.1 Å². The SMILES string of the molecule is OCCCCNC1CCOc2ccccc21. The predicted molar refractivity (Wildman–Crippen MR) is 63.6 cm³/mol. The second-order valence-electron chi connectivity index (χ2n) is 4.11. The molecule has 0 spiro atoms. The van der Waals surface area contributed by atoms with Crippen molar-refractivity contribution in [1.82, 2.24) is 5.32 Å². The number of ether oxygens (including phenoxy) is 1. The molecule has 3 heteroatoms. The van der Waals surface area contributed by atoms with Crippen LogP contribution in [0.3, 0.4) is 0 Å². The first-order chi connectivity index (χ1) is 7.92. The van der Waals surface area contributed by atoms with Crippen LogP contribution in [-0.2, 0) is 0 Å². The topological polar surface area (TPSA) is 41.5 Å². The highest BCUT2D eigenvalue weighted by Gasteiger charge is 2.19. The molecular formula is C13H19NO2. The van der Waals surface area contributed by atoms with E-state index in [1.54, 1.807) is 0 Å². The van der Waals surface area contributed by atoms with Crippen LogP contribution in [0.1, 0.15) is 30.9 Å². The van der Waals surface area contributed by atoms with E-state index in [9.17, 15) is 0 Å². The standard InChI is InChI=1S/C13H19NO2/c15-9-4-3-8-14-12-7-10-16-13-6-2-1-5-11(12)13/h1-2,5-6,12,14-15H,3-4,7-10H2. The van der Waals surface area contributed by atoms with Gasteiger partial charge in [0.25, 0.3) is 0 Å². The number of fused-ring (bicyclic) bond motifs is 1. The summed E-state index contributed by atoms with van der Waals surface area (Å²) in [7, 11) is 0. The molecule has 1 aromatic carbocycles. The first kappa shape index (κ1) is 11.4. The summed E-state index contributed by atoms with van der Waals surface area (Å²) in [5.41, 5.74) is 1.26. The molecule has 1 atom stereocenters. The Morgan fingerprint density at radius 1 is 1.31 bits per heavy atom. The summed E-state index contributed by atoms with van der Waals surface area (Å²) in [5, 5.41) is 12.2.